The molecule has 1 fully saturated rings. The minimum Gasteiger partial charge on any atom is -0.467 e. The quantitative estimate of drug-likeness (QED) is 0.878. The summed E-state index contributed by atoms with van der Waals surface area (Å²) in [6, 6.07) is 1.63. The number of rotatable bonds is 2. The zero-order valence-corrected chi connectivity index (χ0v) is 12.7. The Kier molecular flexibility index (Phi) is 4.83. The number of hydrogen-bond donors (Lipinski definition) is 1. The molecular formula is C13H20ClN3O3. The Balaban J connectivity index is 0.00000200. The molecule has 0 unspecified atom stereocenters. The highest BCUT2D eigenvalue weighted by molar-refractivity contribution is 5.99. The van der Waals surface area contributed by atoms with Crippen LogP contribution in [-0.4, -0.2) is 47.3 Å². The summed E-state index contributed by atoms with van der Waals surface area (Å²) in [6.07, 6.45) is 1.39. The van der Waals surface area contributed by atoms with Crippen molar-refractivity contribution in [3.8, 4) is 0 Å². The molecule has 1 aromatic heterocycles. The zero-order valence-electron chi connectivity index (χ0n) is 11.9. The van der Waals surface area contributed by atoms with Crippen molar-refractivity contribution in [2.75, 3.05) is 20.1 Å². The Bertz CT molecular complexity index is 513. The normalized spacial score (nSPS) is 17.9. The first-order chi connectivity index (χ1) is 8.87. The highest BCUT2D eigenvalue weighted by Gasteiger charge is 2.43. The van der Waals surface area contributed by atoms with Crippen LogP contribution in [0.3, 0.4) is 0 Å². The van der Waals surface area contributed by atoms with Crippen LogP contribution in [0.1, 0.15) is 30.0 Å². The van der Waals surface area contributed by atoms with Gasteiger partial charge >= 0.3 is 0 Å². The van der Waals surface area contributed by atoms with Crippen molar-refractivity contribution >= 4 is 24.2 Å². The molecule has 1 aliphatic heterocycles. The van der Waals surface area contributed by atoms with Crippen molar-refractivity contribution in [1.82, 2.24) is 9.80 Å². The Morgan fingerprint density at radius 1 is 1.45 bits per heavy atom. The van der Waals surface area contributed by atoms with Gasteiger partial charge in [-0.25, -0.2) is 0 Å². The fraction of sp³-hybridized carbons (Fsp3) is 0.538. The van der Waals surface area contributed by atoms with E-state index < -0.39 is 5.54 Å². The third-order valence-electron chi connectivity index (χ3n) is 3.55. The number of furan rings is 1. The van der Waals surface area contributed by atoms with E-state index in [0.29, 0.717) is 24.4 Å². The molecule has 1 aromatic rings. The Morgan fingerprint density at radius 2 is 2.10 bits per heavy atom. The first-order valence-electron chi connectivity index (χ1n) is 6.23. The molecule has 0 atom stereocenters. The van der Waals surface area contributed by atoms with Gasteiger partial charge in [0, 0.05) is 20.1 Å². The van der Waals surface area contributed by atoms with Gasteiger partial charge in [-0.2, -0.15) is 0 Å². The maximum atomic E-state index is 12.5. The number of nitrogens with two attached hydrogens (primary N) is 1. The van der Waals surface area contributed by atoms with E-state index in [1.165, 1.54) is 6.26 Å². The number of nitrogens with zero attached hydrogens (tertiary/aromatic N) is 2. The minimum atomic E-state index is -0.843. The van der Waals surface area contributed by atoms with Gasteiger partial charge in [0.15, 0.2) is 0 Å². The summed E-state index contributed by atoms with van der Waals surface area (Å²) in [5.41, 5.74) is 5.05. The SMILES string of the molecule is CN1CCN(C(=O)c2coc(CN)c2)C(C)(C)C1=O.Cl. The van der Waals surface area contributed by atoms with Gasteiger partial charge in [0.05, 0.1) is 12.1 Å². The van der Waals surface area contributed by atoms with Gasteiger partial charge in [-0.05, 0) is 19.9 Å². The fourth-order valence-corrected chi connectivity index (χ4v) is 2.32. The Hall–Kier alpha value is -1.53. The Labute approximate surface area is 124 Å². The van der Waals surface area contributed by atoms with Crippen LogP contribution in [0.5, 0.6) is 0 Å². The van der Waals surface area contributed by atoms with Crippen molar-refractivity contribution < 1.29 is 14.0 Å². The standard InChI is InChI=1S/C13H19N3O3.ClH/c1-13(2)12(18)15(3)4-5-16(13)11(17)9-6-10(7-14)19-8-9;/h6,8H,4-5,7,14H2,1-3H3;1H. The summed E-state index contributed by atoms with van der Waals surface area (Å²) < 4.78 is 5.17. The second-order valence-corrected chi connectivity index (χ2v) is 5.25. The number of carbonyl (C=O) groups is 2. The number of hydrogen-bond acceptors (Lipinski definition) is 4. The van der Waals surface area contributed by atoms with E-state index in [0.717, 1.165) is 0 Å². The van der Waals surface area contributed by atoms with Gasteiger partial charge in [-0.15, -0.1) is 12.4 Å². The van der Waals surface area contributed by atoms with Crippen LogP contribution in [0.2, 0.25) is 0 Å². The van der Waals surface area contributed by atoms with E-state index in [9.17, 15) is 9.59 Å². The highest BCUT2D eigenvalue weighted by atomic mass is 35.5. The smallest absolute Gasteiger partial charge is 0.258 e. The van der Waals surface area contributed by atoms with E-state index in [1.807, 2.05) is 0 Å². The largest absolute Gasteiger partial charge is 0.467 e. The lowest BCUT2D eigenvalue weighted by molar-refractivity contribution is -0.144. The molecule has 20 heavy (non-hydrogen) atoms. The number of halogens is 1. The van der Waals surface area contributed by atoms with Gasteiger partial charge in [0.25, 0.3) is 5.91 Å². The van der Waals surface area contributed by atoms with Crippen molar-refractivity contribution in [3.05, 3.63) is 23.7 Å². The summed E-state index contributed by atoms with van der Waals surface area (Å²) in [7, 11) is 1.75. The van der Waals surface area contributed by atoms with E-state index >= 15 is 0 Å². The topological polar surface area (TPSA) is 79.8 Å². The first kappa shape index (κ1) is 16.5. The summed E-state index contributed by atoms with van der Waals surface area (Å²) in [5, 5.41) is 0. The Morgan fingerprint density at radius 3 is 2.65 bits per heavy atom. The molecule has 0 saturated carbocycles. The van der Waals surface area contributed by atoms with Crippen molar-refractivity contribution in [2.24, 2.45) is 5.73 Å². The molecule has 6 nitrogen and oxygen atoms in total. The number of piperazine rings is 1. The average Bonchev–Trinajstić information content (AvgIpc) is 2.84. The minimum absolute atomic E-state index is 0. The molecule has 0 radical (unpaired) electrons. The lowest BCUT2D eigenvalue weighted by atomic mass is 9.97. The second-order valence-electron chi connectivity index (χ2n) is 5.25. The fourth-order valence-electron chi connectivity index (χ4n) is 2.32. The molecular weight excluding hydrogens is 282 g/mol. The third kappa shape index (κ3) is 2.66. The highest BCUT2D eigenvalue weighted by Crippen LogP contribution is 2.24. The van der Waals surface area contributed by atoms with E-state index in [1.54, 1.807) is 36.8 Å². The van der Waals surface area contributed by atoms with Crippen molar-refractivity contribution in [2.45, 2.75) is 25.9 Å². The van der Waals surface area contributed by atoms with Crippen molar-refractivity contribution in [1.29, 1.82) is 0 Å². The molecule has 1 aliphatic rings. The van der Waals surface area contributed by atoms with E-state index in [2.05, 4.69) is 0 Å². The summed E-state index contributed by atoms with van der Waals surface area (Å²) >= 11 is 0. The van der Waals surface area contributed by atoms with Gasteiger partial charge in [0.1, 0.15) is 17.6 Å². The van der Waals surface area contributed by atoms with E-state index in [4.69, 9.17) is 10.2 Å². The monoisotopic (exact) mass is 301 g/mol. The van der Waals surface area contributed by atoms with Gasteiger partial charge in [0.2, 0.25) is 5.91 Å². The van der Waals surface area contributed by atoms with Crippen molar-refractivity contribution in [3.63, 3.8) is 0 Å². The average molecular weight is 302 g/mol. The lowest BCUT2D eigenvalue weighted by Crippen LogP contribution is -2.63. The second kappa shape index (κ2) is 5.85. The summed E-state index contributed by atoms with van der Waals surface area (Å²) in [5.74, 6) is 0.297. The molecule has 2 N–H and O–H groups in total. The van der Waals surface area contributed by atoms with E-state index in [-0.39, 0.29) is 30.8 Å². The molecule has 2 rings (SSSR count). The van der Waals surface area contributed by atoms with Crippen LogP contribution in [0.15, 0.2) is 16.7 Å². The number of amides is 2. The third-order valence-corrected chi connectivity index (χ3v) is 3.55. The van der Waals surface area contributed by atoms with Gasteiger partial charge in [-0.1, -0.05) is 0 Å². The molecule has 0 aliphatic carbocycles. The molecule has 0 spiro atoms. The number of likely N-dealkylation sites (N-methyl/N-ethyl adjacent to an activating group) is 1. The van der Waals surface area contributed by atoms with Crippen LogP contribution in [0.4, 0.5) is 0 Å². The summed E-state index contributed by atoms with van der Waals surface area (Å²) in [6.45, 7) is 4.81. The van der Waals surface area contributed by atoms with Gasteiger partial charge < -0.3 is 20.0 Å². The van der Waals surface area contributed by atoms with Crippen LogP contribution in [0, 0.1) is 0 Å². The molecule has 1 saturated heterocycles. The lowest BCUT2D eigenvalue weighted by Gasteiger charge is -2.44. The molecule has 2 amide bonds. The van der Waals surface area contributed by atoms with Crippen LogP contribution < -0.4 is 5.73 Å². The summed E-state index contributed by atoms with van der Waals surface area (Å²) in [4.78, 5) is 27.8. The molecule has 0 bridgehead atoms. The van der Waals surface area contributed by atoms with Gasteiger partial charge in [-0.3, -0.25) is 9.59 Å². The molecule has 2 heterocycles. The van der Waals surface area contributed by atoms with Crippen LogP contribution in [-0.2, 0) is 11.3 Å². The maximum absolute atomic E-state index is 12.5. The van der Waals surface area contributed by atoms with Crippen LogP contribution >= 0.6 is 12.4 Å². The molecule has 0 aromatic carbocycles. The first-order valence-corrected chi connectivity index (χ1v) is 6.23. The predicted octanol–water partition coefficient (Wildman–Crippen LogP) is 0.853. The van der Waals surface area contributed by atoms with Crippen LogP contribution in [0.25, 0.3) is 0 Å². The molecule has 112 valence electrons. The molecule has 7 heteroatoms. The zero-order chi connectivity index (χ0) is 14.2. The maximum Gasteiger partial charge on any atom is 0.258 e. The predicted molar refractivity (Wildman–Crippen MR) is 76.6 cm³/mol. The number of carbonyl (C=O) groups excluding carboxylic acids is 2.